The van der Waals surface area contributed by atoms with E-state index in [1.165, 1.54) is 0 Å². The van der Waals surface area contributed by atoms with Crippen molar-refractivity contribution < 1.29 is 4.79 Å². The number of hydrogen-bond donors (Lipinski definition) is 1. The zero-order valence-corrected chi connectivity index (χ0v) is 11.3. The van der Waals surface area contributed by atoms with Gasteiger partial charge in [0.05, 0.1) is 6.42 Å². The number of nitrogens with one attached hydrogen (secondary N) is 1. The summed E-state index contributed by atoms with van der Waals surface area (Å²) in [6, 6.07) is 4.67. The Balaban J connectivity index is 1.97. The highest BCUT2D eigenvalue weighted by molar-refractivity contribution is 5.78. The van der Waals surface area contributed by atoms with Crippen molar-refractivity contribution in [2.75, 3.05) is 13.1 Å². The Morgan fingerprint density at radius 3 is 2.61 bits per heavy atom. The Morgan fingerprint density at radius 2 is 2.06 bits per heavy atom. The summed E-state index contributed by atoms with van der Waals surface area (Å²) >= 11 is 0. The van der Waals surface area contributed by atoms with E-state index in [1.807, 2.05) is 24.0 Å². The molecule has 18 heavy (non-hydrogen) atoms. The van der Waals surface area contributed by atoms with Gasteiger partial charge in [-0.3, -0.25) is 9.78 Å². The van der Waals surface area contributed by atoms with Gasteiger partial charge in [0, 0.05) is 37.1 Å². The molecule has 2 atom stereocenters. The van der Waals surface area contributed by atoms with Crippen LogP contribution in [0.1, 0.15) is 25.1 Å². The molecule has 1 aromatic heterocycles. The molecule has 1 aliphatic heterocycles. The molecule has 4 heteroatoms. The Bertz CT molecular complexity index is 406. The molecule has 1 N–H and O–H groups in total. The van der Waals surface area contributed by atoms with Gasteiger partial charge in [-0.05, 0) is 32.4 Å². The summed E-state index contributed by atoms with van der Waals surface area (Å²) in [5.41, 5.74) is 1.97. The van der Waals surface area contributed by atoms with Crippen LogP contribution in [-0.2, 0) is 11.2 Å². The fourth-order valence-electron chi connectivity index (χ4n) is 2.42. The van der Waals surface area contributed by atoms with Crippen LogP contribution < -0.4 is 5.32 Å². The van der Waals surface area contributed by atoms with E-state index in [4.69, 9.17) is 0 Å². The highest BCUT2D eigenvalue weighted by Crippen LogP contribution is 2.08. The third kappa shape index (κ3) is 3.29. The van der Waals surface area contributed by atoms with Crippen molar-refractivity contribution in [3.05, 3.63) is 29.6 Å². The lowest BCUT2D eigenvalue weighted by molar-refractivity contribution is -0.132. The van der Waals surface area contributed by atoms with Gasteiger partial charge in [0.2, 0.25) is 5.91 Å². The molecule has 0 unspecified atom stereocenters. The summed E-state index contributed by atoms with van der Waals surface area (Å²) in [7, 11) is 0. The number of nitrogens with zero attached hydrogens (tertiary/aromatic N) is 2. The number of aromatic nitrogens is 1. The lowest BCUT2D eigenvalue weighted by Gasteiger charge is -2.36. The quantitative estimate of drug-likeness (QED) is 0.852. The fraction of sp³-hybridized carbons (Fsp3) is 0.571. The first-order valence-electron chi connectivity index (χ1n) is 6.50. The second kappa shape index (κ2) is 5.48. The van der Waals surface area contributed by atoms with Crippen LogP contribution in [0.3, 0.4) is 0 Å². The second-order valence-corrected chi connectivity index (χ2v) is 5.25. The number of aryl methyl sites for hydroxylation is 1. The van der Waals surface area contributed by atoms with E-state index in [-0.39, 0.29) is 5.91 Å². The normalized spacial score (nSPS) is 24.1. The molecule has 1 aromatic rings. The minimum absolute atomic E-state index is 0.195. The molecule has 0 saturated carbocycles. The van der Waals surface area contributed by atoms with E-state index >= 15 is 0 Å². The number of hydrogen-bond acceptors (Lipinski definition) is 3. The van der Waals surface area contributed by atoms with Gasteiger partial charge < -0.3 is 10.2 Å². The Labute approximate surface area is 108 Å². The van der Waals surface area contributed by atoms with Crippen LogP contribution in [0.25, 0.3) is 0 Å². The predicted molar refractivity (Wildman–Crippen MR) is 71.3 cm³/mol. The van der Waals surface area contributed by atoms with E-state index < -0.39 is 0 Å². The van der Waals surface area contributed by atoms with Gasteiger partial charge in [0.15, 0.2) is 0 Å². The fourth-order valence-corrected chi connectivity index (χ4v) is 2.42. The first-order valence-corrected chi connectivity index (χ1v) is 6.50. The second-order valence-electron chi connectivity index (χ2n) is 5.25. The number of amides is 1. The largest absolute Gasteiger partial charge is 0.339 e. The number of piperazine rings is 1. The van der Waals surface area contributed by atoms with Crippen molar-refractivity contribution in [3.63, 3.8) is 0 Å². The molecule has 0 aliphatic carbocycles. The van der Waals surface area contributed by atoms with Gasteiger partial charge in [-0.1, -0.05) is 6.07 Å². The lowest BCUT2D eigenvalue weighted by Crippen LogP contribution is -2.56. The Hall–Kier alpha value is -1.42. The zero-order chi connectivity index (χ0) is 13.1. The molecular formula is C14H21N3O. The number of carbonyl (C=O) groups excluding carboxylic acids is 1. The minimum atomic E-state index is 0.195. The van der Waals surface area contributed by atoms with Crippen LogP contribution in [0, 0.1) is 6.92 Å². The molecule has 2 rings (SSSR count). The van der Waals surface area contributed by atoms with Gasteiger partial charge in [-0.2, -0.15) is 0 Å². The number of rotatable bonds is 2. The van der Waals surface area contributed by atoms with E-state index in [1.54, 1.807) is 6.20 Å². The van der Waals surface area contributed by atoms with E-state index in [2.05, 4.69) is 24.1 Å². The average molecular weight is 247 g/mol. The molecule has 1 saturated heterocycles. The van der Waals surface area contributed by atoms with Crippen LogP contribution in [-0.4, -0.2) is 41.0 Å². The predicted octanol–water partition coefficient (Wildman–Crippen LogP) is 1.14. The molecule has 0 bridgehead atoms. The van der Waals surface area contributed by atoms with Crippen molar-refractivity contribution in [2.24, 2.45) is 0 Å². The summed E-state index contributed by atoms with van der Waals surface area (Å²) in [6.07, 6.45) is 2.25. The van der Waals surface area contributed by atoms with Crippen molar-refractivity contribution in [3.8, 4) is 0 Å². The third-order valence-electron chi connectivity index (χ3n) is 3.24. The summed E-state index contributed by atoms with van der Waals surface area (Å²) in [5.74, 6) is 0.195. The van der Waals surface area contributed by atoms with Gasteiger partial charge in [0.1, 0.15) is 0 Å². The topological polar surface area (TPSA) is 45.2 Å². The van der Waals surface area contributed by atoms with Crippen LogP contribution in [0.15, 0.2) is 18.3 Å². The van der Waals surface area contributed by atoms with Crippen LogP contribution in [0.4, 0.5) is 0 Å². The number of carbonyl (C=O) groups is 1. The SMILES string of the molecule is Cc1ccc(CC(=O)N2C[C@H](C)N[C@@H](C)C2)cn1. The van der Waals surface area contributed by atoms with E-state index in [9.17, 15) is 4.79 Å². The monoisotopic (exact) mass is 247 g/mol. The van der Waals surface area contributed by atoms with Crippen molar-refractivity contribution >= 4 is 5.91 Å². The maximum atomic E-state index is 12.2. The molecule has 1 amide bonds. The molecule has 1 aliphatic rings. The maximum absolute atomic E-state index is 12.2. The molecule has 2 heterocycles. The summed E-state index contributed by atoms with van der Waals surface area (Å²) < 4.78 is 0. The zero-order valence-electron chi connectivity index (χ0n) is 11.3. The Morgan fingerprint density at radius 1 is 1.39 bits per heavy atom. The van der Waals surface area contributed by atoms with Gasteiger partial charge in [-0.25, -0.2) is 0 Å². The minimum Gasteiger partial charge on any atom is -0.339 e. The maximum Gasteiger partial charge on any atom is 0.227 e. The first-order chi connectivity index (χ1) is 8.54. The van der Waals surface area contributed by atoms with E-state index in [0.29, 0.717) is 18.5 Å². The average Bonchev–Trinajstić information content (AvgIpc) is 2.31. The molecule has 0 aromatic carbocycles. The van der Waals surface area contributed by atoms with Crippen LogP contribution in [0.5, 0.6) is 0 Å². The van der Waals surface area contributed by atoms with Crippen molar-refractivity contribution in [1.82, 2.24) is 15.2 Å². The van der Waals surface area contributed by atoms with Crippen molar-refractivity contribution in [1.29, 1.82) is 0 Å². The summed E-state index contributed by atoms with van der Waals surface area (Å²) in [6.45, 7) is 7.77. The molecule has 98 valence electrons. The van der Waals surface area contributed by atoms with Crippen molar-refractivity contribution in [2.45, 2.75) is 39.3 Å². The smallest absolute Gasteiger partial charge is 0.227 e. The molecular weight excluding hydrogens is 226 g/mol. The first kappa shape index (κ1) is 13.0. The van der Waals surface area contributed by atoms with Crippen LogP contribution >= 0.6 is 0 Å². The van der Waals surface area contributed by atoms with E-state index in [0.717, 1.165) is 24.3 Å². The summed E-state index contributed by atoms with van der Waals surface area (Å²) in [4.78, 5) is 18.4. The molecule has 1 fully saturated rings. The van der Waals surface area contributed by atoms with Gasteiger partial charge >= 0.3 is 0 Å². The van der Waals surface area contributed by atoms with Crippen LogP contribution in [0.2, 0.25) is 0 Å². The summed E-state index contributed by atoms with van der Waals surface area (Å²) in [5, 5.41) is 3.43. The number of pyridine rings is 1. The standard InChI is InChI=1S/C14H21N3O/c1-10-4-5-13(7-15-10)6-14(18)17-8-11(2)16-12(3)9-17/h4-5,7,11-12,16H,6,8-9H2,1-3H3/t11-,12-/m0/s1. The third-order valence-corrected chi connectivity index (χ3v) is 3.24. The molecule has 0 spiro atoms. The molecule has 0 radical (unpaired) electrons. The van der Waals surface area contributed by atoms with Gasteiger partial charge in [-0.15, -0.1) is 0 Å². The van der Waals surface area contributed by atoms with Gasteiger partial charge in [0.25, 0.3) is 0 Å². The Kier molecular flexibility index (Phi) is 3.97. The highest BCUT2D eigenvalue weighted by atomic mass is 16.2. The molecule has 4 nitrogen and oxygen atoms in total. The lowest BCUT2D eigenvalue weighted by atomic mass is 10.1. The highest BCUT2D eigenvalue weighted by Gasteiger charge is 2.24.